The molecule has 0 spiro atoms. The molecule has 1 aliphatic heterocycles. The van der Waals surface area contributed by atoms with Crippen molar-refractivity contribution >= 4 is 21.9 Å². The van der Waals surface area contributed by atoms with Crippen LogP contribution in [0.4, 0.5) is 0 Å². The Hall–Kier alpha value is -1.73. The first-order chi connectivity index (χ1) is 11.7. The van der Waals surface area contributed by atoms with Gasteiger partial charge in [-0.15, -0.1) is 9.35 Å². The van der Waals surface area contributed by atoms with Gasteiger partial charge in [0.25, 0.3) is 21.9 Å². The van der Waals surface area contributed by atoms with Gasteiger partial charge in [0.2, 0.25) is 0 Å². The molecule has 1 aromatic rings. The average Bonchev–Trinajstić information content (AvgIpc) is 3.04. The van der Waals surface area contributed by atoms with E-state index in [1.54, 1.807) is 12.1 Å². The van der Waals surface area contributed by atoms with Crippen LogP contribution in [0.1, 0.15) is 60.2 Å². The predicted molar refractivity (Wildman–Crippen MR) is 90.0 cm³/mol. The third-order valence-corrected chi connectivity index (χ3v) is 8.01. The van der Waals surface area contributed by atoms with Crippen LogP contribution in [-0.2, 0) is 14.4 Å². The SMILES string of the molecule is CC1(C)C2CCC1(CS(=O)(=O)ON1C(=O)c3ccccc3C1=O)CC2. The summed E-state index contributed by atoms with van der Waals surface area (Å²) in [6.45, 7) is 4.24. The van der Waals surface area contributed by atoms with Crippen LogP contribution in [0.2, 0.25) is 0 Å². The van der Waals surface area contributed by atoms with Gasteiger partial charge in [-0.25, -0.2) is 0 Å². The number of fused-ring (bicyclic) bond motifs is 3. The number of hydroxylamine groups is 2. The molecule has 134 valence electrons. The Labute approximate surface area is 147 Å². The second-order valence-electron chi connectivity index (χ2n) is 8.00. The summed E-state index contributed by atoms with van der Waals surface area (Å²) in [6, 6.07) is 6.24. The van der Waals surface area contributed by atoms with E-state index in [0.29, 0.717) is 11.0 Å². The maximum absolute atomic E-state index is 12.7. The third-order valence-electron chi connectivity index (χ3n) is 6.73. The first kappa shape index (κ1) is 16.7. The number of nitrogens with zero attached hydrogens (tertiary/aromatic N) is 1. The summed E-state index contributed by atoms with van der Waals surface area (Å²) in [5, 5.41) is 0.394. The largest absolute Gasteiger partial charge is 0.289 e. The molecule has 6 nitrogen and oxygen atoms in total. The molecule has 0 radical (unpaired) electrons. The third kappa shape index (κ3) is 2.29. The molecule has 1 heterocycles. The molecule has 4 rings (SSSR count). The van der Waals surface area contributed by atoms with Gasteiger partial charge in [-0.2, -0.15) is 8.42 Å². The fourth-order valence-corrected chi connectivity index (χ4v) is 6.77. The van der Waals surface area contributed by atoms with E-state index in [9.17, 15) is 18.0 Å². The lowest BCUT2D eigenvalue weighted by atomic mass is 9.71. The molecular formula is C18H21NO5S. The predicted octanol–water partition coefficient (Wildman–Crippen LogP) is 2.76. The lowest BCUT2D eigenvalue weighted by Gasteiger charge is -2.37. The summed E-state index contributed by atoms with van der Waals surface area (Å²) in [7, 11) is -4.06. The van der Waals surface area contributed by atoms with Crippen LogP contribution in [0.25, 0.3) is 0 Å². The molecule has 0 saturated heterocycles. The van der Waals surface area contributed by atoms with E-state index in [1.807, 2.05) is 0 Å². The van der Waals surface area contributed by atoms with E-state index < -0.39 is 21.9 Å². The summed E-state index contributed by atoms with van der Waals surface area (Å²) < 4.78 is 30.4. The summed E-state index contributed by atoms with van der Waals surface area (Å²) in [6.07, 6.45) is 3.73. The quantitative estimate of drug-likeness (QED) is 0.769. The van der Waals surface area contributed by atoms with Crippen LogP contribution in [-0.4, -0.2) is 31.0 Å². The van der Waals surface area contributed by atoms with Gasteiger partial charge >= 0.3 is 0 Å². The van der Waals surface area contributed by atoms with Crippen molar-refractivity contribution in [2.24, 2.45) is 16.7 Å². The summed E-state index contributed by atoms with van der Waals surface area (Å²) >= 11 is 0. The highest BCUT2D eigenvalue weighted by atomic mass is 32.2. The minimum absolute atomic E-state index is 0.0780. The topological polar surface area (TPSA) is 80.8 Å². The second-order valence-corrected chi connectivity index (χ2v) is 9.56. The highest BCUT2D eigenvalue weighted by Crippen LogP contribution is 2.66. The number of rotatable bonds is 4. The van der Waals surface area contributed by atoms with E-state index in [4.69, 9.17) is 4.28 Å². The molecule has 2 fully saturated rings. The molecule has 0 aromatic heterocycles. The zero-order valence-electron chi connectivity index (χ0n) is 14.3. The van der Waals surface area contributed by atoms with Gasteiger partial charge in [-0.05, 0) is 54.6 Å². The van der Waals surface area contributed by atoms with Crippen molar-refractivity contribution < 1.29 is 22.3 Å². The summed E-state index contributed by atoms with van der Waals surface area (Å²) in [5.41, 5.74) is -0.0772. The summed E-state index contributed by atoms with van der Waals surface area (Å²) in [4.78, 5) is 24.6. The van der Waals surface area contributed by atoms with Crippen molar-refractivity contribution in [3.8, 4) is 0 Å². The average molecular weight is 363 g/mol. The fourth-order valence-electron chi connectivity index (χ4n) is 5.01. The van der Waals surface area contributed by atoms with Crippen molar-refractivity contribution in [3.05, 3.63) is 35.4 Å². The molecule has 0 N–H and O–H groups in total. The summed E-state index contributed by atoms with van der Waals surface area (Å²) in [5.74, 6) is -1.08. The molecule has 0 unspecified atom stereocenters. The Morgan fingerprint density at radius 1 is 1.08 bits per heavy atom. The van der Waals surface area contributed by atoms with Crippen LogP contribution >= 0.6 is 0 Å². The van der Waals surface area contributed by atoms with E-state index in [-0.39, 0.29) is 27.7 Å². The number of imide groups is 1. The van der Waals surface area contributed by atoms with Crippen LogP contribution in [0.15, 0.2) is 24.3 Å². The highest BCUT2D eigenvalue weighted by Gasteiger charge is 2.60. The molecule has 2 aliphatic carbocycles. The lowest BCUT2D eigenvalue weighted by Crippen LogP contribution is -2.41. The van der Waals surface area contributed by atoms with Crippen LogP contribution < -0.4 is 0 Å². The molecule has 2 amide bonds. The number of benzene rings is 1. The van der Waals surface area contributed by atoms with E-state index in [2.05, 4.69) is 13.8 Å². The van der Waals surface area contributed by atoms with E-state index in [0.717, 1.165) is 25.7 Å². The van der Waals surface area contributed by atoms with E-state index >= 15 is 0 Å². The van der Waals surface area contributed by atoms with E-state index in [1.165, 1.54) is 12.1 Å². The Bertz CT molecular complexity index is 830. The maximum atomic E-state index is 12.7. The first-order valence-electron chi connectivity index (χ1n) is 8.57. The minimum Gasteiger partial charge on any atom is -0.266 e. The number of carbonyl (C=O) groups excluding carboxylic acids is 2. The van der Waals surface area contributed by atoms with Gasteiger partial charge in [0.1, 0.15) is 0 Å². The number of hydrogen-bond donors (Lipinski definition) is 0. The van der Waals surface area contributed by atoms with Gasteiger partial charge < -0.3 is 0 Å². The Balaban J connectivity index is 1.57. The molecular weight excluding hydrogens is 342 g/mol. The first-order valence-corrected chi connectivity index (χ1v) is 10.1. The van der Waals surface area contributed by atoms with Crippen molar-refractivity contribution in [1.82, 2.24) is 5.06 Å². The molecule has 7 heteroatoms. The molecule has 25 heavy (non-hydrogen) atoms. The number of hydrogen-bond acceptors (Lipinski definition) is 5. The van der Waals surface area contributed by atoms with Crippen LogP contribution in [0, 0.1) is 16.7 Å². The van der Waals surface area contributed by atoms with Crippen molar-refractivity contribution in [2.75, 3.05) is 5.75 Å². The van der Waals surface area contributed by atoms with Crippen LogP contribution in [0.5, 0.6) is 0 Å². The molecule has 0 atom stereocenters. The second kappa shape index (κ2) is 5.14. The van der Waals surface area contributed by atoms with Gasteiger partial charge in [0.05, 0.1) is 16.9 Å². The molecule has 1 aromatic carbocycles. The molecule has 2 saturated carbocycles. The Morgan fingerprint density at radius 3 is 2.04 bits per heavy atom. The Kier molecular flexibility index (Phi) is 3.44. The molecule has 2 bridgehead atoms. The Morgan fingerprint density at radius 2 is 1.60 bits per heavy atom. The zero-order chi connectivity index (χ0) is 18.0. The number of carbonyl (C=O) groups is 2. The van der Waals surface area contributed by atoms with Crippen LogP contribution in [0.3, 0.4) is 0 Å². The minimum atomic E-state index is -4.06. The van der Waals surface area contributed by atoms with Crippen molar-refractivity contribution in [2.45, 2.75) is 39.5 Å². The smallest absolute Gasteiger partial charge is 0.266 e. The highest BCUT2D eigenvalue weighted by molar-refractivity contribution is 7.86. The number of amides is 2. The zero-order valence-corrected chi connectivity index (χ0v) is 15.1. The van der Waals surface area contributed by atoms with Gasteiger partial charge in [-0.1, -0.05) is 26.0 Å². The van der Waals surface area contributed by atoms with Gasteiger partial charge in [-0.3, -0.25) is 9.59 Å². The molecule has 3 aliphatic rings. The van der Waals surface area contributed by atoms with Crippen molar-refractivity contribution in [3.63, 3.8) is 0 Å². The van der Waals surface area contributed by atoms with Gasteiger partial charge in [0.15, 0.2) is 0 Å². The normalized spacial score (nSPS) is 30.2. The maximum Gasteiger partial charge on any atom is 0.289 e. The lowest BCUT2D eigenvalue weighted by molar-refractivity contribution is -0.0118. The monoisotopic (exact) mass is 363 g/mol. The fraction of sp³-hybridized carbons (Fsp3) is 0.556. The van der Waals surface area contributed by atoms with Crippen molar-refractivity contribution in [1.29, 1.82) is 0 Å². The van der Waals surface area contributed by atoms with Gasteiger partial charge in [0, 0.05) is 0 Å². The standard InChI is InChI=1S/C18H21NO5S/c1-17(2)12-7-9-18(17,10-8-12)11-25(22,23)24-19-15(20)13-5-3-4-6-14(13)16(19)21/h3-6,12H,7-11H2,1-2H3.